The zero-order chi connectivity index (χ0) is 10.4. The highest BCUT2D eigenvalue weighted by Crippen LogP contribution is 2.14. The maximum atomic E-state index is 11.3. The molecule has 0 aromatic heterocycles. The molecule has 0 radical (unpaired) electrons. The average Bonchev–Trinajstić information content (AvgIpc) is 2.17. The number of allylic oxidation sites excluding steroid dienone is 3. The molecule has 0 atom stereocenters. The summed E-state index contributed by atoms with van der Waals surface area (Å²) in [6, 6.07) is 0. The molecule has 0 N–H and O–H groups in total. The fourth-order valence-corrected chi connectivity index (χ4v) is 1.29. The highest BCUT2D eigenvalue weighted by molar-refractivity contribution is 5.99. The van der Waals surface area contributed by atoms with Gasteiger partial charge in [-0.05, 0) is 25.8 Å². The molecule has 0 amide bonds. The minimum absolute atomic E-state index is 0.108. The van der Waals surface area contributed by atoms with Gasteiger partial charge in [-0.3, -0.25) is 4.79 Å². The number of hydrogen-bond donors (Lipinski definition) is 0. The van der Waals surface area contributed by atoms with E-state index in [9.17, 15) is 9.59 Å². The van der Waals surface area contributed by atoms with Gasteiger partial charge in [0.05, 0.1) is 6.61 Å². The molecule has 0 aromatic carbocycles. The molecule has 1 rings (SSSR count). The summed E-state index contributed by atoms with van der Waals surface area (Å²) in [7, 11) is 0. The Balaban J connectivity index is 2.54. The van der Waals surface area contributed by atoms with E-state index in [1.807, 2.05) is 6.08 Å². The van der Waals surface area contributed by atoms with Crippen LogP contribution in [0.4, 0.5) is 0 Å². The van der Waals surface area contributed by atoms with Crippen LogP contribution in [0.15, 0.2) is 23.8 Å². The van der Waals surface area contributed by atoms with E-state index in [2.05, 4.69) is 0 Å². The fraction of sp³-hybridized carbons (Fsp3) is 0.455. The van der Waals surface area contributed by atoms with Crippen molar-refractivity contribution in [3.8, 4) is 0 Å². The summed E-state index contributed by atoms with van der Waals surface area (Å²) in [5, 5.41) is 0. The lowest BCUT2D eigenvalue weighted by Gasteiger charge is -2.06. The Bertz CT molecular complexity index is 287. The summed E-state index contributed by atoms with van der Waals surface area (Å²) in [6.45, 7) is 2.10. The minimum atomic E-state index is -0.397. The lowest BCUT2D eigenvalue weighted by Crippen LogP contribution is -2.06. The van der Waals surface area contributed by atoms with Crippen molar-refractivity contribution in [1.82, 2.24) is 0 Å². The number of ether oxygens (including phenoxy) is 1. The normalized spacial score (nSPS) is 16.9. The molecule has 0 saturated carbocycles. The second-order valence-corrected chi connectivity index (χ2v) is 3.06. The van der Waals surface area contributed by atoms with Gasteiger partial charge < -0.3 is 4.74 Å². The van der Waals surface area contributed by atoms with Gasteiger partial charge in [-0.25, -0.2) is 4.79 Å². The molecule has 3 heteroatoms. The third-order valence-electron chi connectivity index (χ3n) is 1.98. The SMILES string of the molecule is CCOC(=O)C=CC1=CCCCC1=O. The van der Waals surface area contributed by atoms with Gasteiger partial charge in [0.15, 0.2) is 5.78 Å². The van der Waals surface area contributed by atoms with Crippen molar-refractivity contribution < 1.29 is 14.3 Å². The standard InChI is InChI=1S/C11H14O3/c1-2-14-11(13)8-7-9-5-3-4-6-10(9)12/h5,7-8H,2-4,6H2,1H3. The summed E-state index contributed by atoms with van der Waals surface area (Å²) in [6.07, 6.45) is 7.11. The number of carbonyl (C=O) groups excluding carboxylic acids is 2. The molecule has 3 nitrogen and oxygen atoms in total. The number of Topliss-reactive ketones (excluding diaryl/α,β-unsaturated/α-hetero) is 1. The van der Waals surface area contributed by atoms with Crippen LogP contribution in [0.2, 0.25) is 0 Å². The van der Waals surface area contributed by atoms with Crippen LogP contribution < -0.4 is 0 Å². The molecule has 0 fully saturated rings. The molecule has 76 valence electrons. The van der Waals surface area contributed by atoms with Gasteiger partial charge in [0.2, 0.25) is 0 Å². The summed E-state index contributed by atoms with van der Waals surface area (Å²) in [5.41, 5.74) is 0.629. The predicted molar refractivity (Wildman–Crippen MR) is 52.7 cm³/mol. The summed E-state index contributed by atoms with van der Waals surface area (Å²) in [4.78, 5) is 22.2. The summed E-state index contributed by atoms with van der Waals surface area (Å²) < 4.78 is 4.70. The highest BCUT2D eigenvalue weighted by atomic mass is 16.5. The van der Waals surface area contributed by atoms with Crippen LogP contribution in [0.3, 0.4) is 0 Å². The Morgan fingerprint density at radius 3 is 3.07 bits per heavy atom. The van der Waals surface area contributed by atoms with E-state index in [0.717, 1.165) is 12.8 Å². The second kappa shape index (κ2) is 5.37. The van der Waals surface area contributed by atoms with Gasteiger partial charge in [-0.2, -0.15) is 0 Å². The third-order valence-corrected chi connectivity index (χ3v) is 1.98. The molecule has 0 bridgehead atoms. The quantitative estimate of drug-likeness (QED) is 0.508. The predicted octanol–water partition coefficient (Wildman–Crippen LogP) is 1.79. The van der Waals surface area contributed by atoms with Crippen LogP contribution >= 0.6 is 0 Å². The first-order valence-electron chi connectivity index (χ1n) is 4.82. The van der Waals surface area contributed by atoms with Gasteiger partial charge in [-0.1, -0.05) is 6.08 Å². The van der Waals surface area contributed by atoms with E-state index >= 15 is 0 Å². The van der Waals surface area contributed by atoms with Crippen molar-refractivity contribution in [2.75, 3.05) is 6.61 Å². The third kappa shape index (κ3) is 3.17. The fourth-order valence-electron chi connectivity index (χ4n) is 1.29. The van der Waals surface area contributed by atoms with Crippen molar-refractivity contribution in [1.29, 1.82) is 0 Å². The molecule has 0 aromatic rings. The first-order valence-corrected chi connectivity index (χ1v) is 4.82. The molecule has 0 aliphatic heterocycles. The maximum absolute atomic E-state index is 11.3. The number of carbonyl (C=O) groups is 2. The van der Waals surface area contributed by atoms with Crippen LogP contribution in [0.5, 0.6) is 0 Å². The molecule has 0 spiro atoms. The minimum Gasteiger partial charge on any atom is -0.463 e. The zero-order valence-corrected chi connectivity index (χ0v) is 8.29. The first-order chi connectivity index (χ1) is 6.74. The van der Waals surface area contributed by atoms with Crippen LogP contribution in [0.25, 0.3) is 0 Å². The lowest BCUT2D eigenvalue weighted by atomic mass is 9.98. The highest BCUT2D eigenvalue weighted by Gasteiger charge is 2.10. The van der Waals surface area contributed by atoms with Gasteiger partial charge in [0, 0.05) is 18.1 Å². The smallest absolute Gasteiger partial charge is 0.330 e. The van der Waals surface area contributed by atoms with Crippen molar-refractivity contribution in [2.45, 2.75) is 26.2 Å². The Morgan fingerprint density at radius 1 is 1.64 bits per heavy atom. The van der Waals surface area contributed by atoms with Crippen molar-refractivity contribution in [3.63, 3.8) is 0 Å². The van der Waals surface area contributed by atoms with Gasteiger partial charge in [0.25, 0.3) is 0 Å². The monoisotopic (exact) mass is 194 g/mol. The molecule has 14 heavy (non-hydrogen) atoms. The lowest BCUT2D eigenvalue weighted by molar-refractivity contribution is -0.137. The summed E-state index contributed by atoms with van der Waals surface area (Å²) >= 11 is 0. The van der Waals surface area contributed by atoms with E-state index in [0.29, 0.717) is 18.6 Å². The molecule has 0 heterocycles. The van der Waals surface area contributed by atoms with Crippen LogP contribution in [-0.2, 0) is 14.3 Å². The largest absolute Gasteiger partial charge is 0.463 e. The van der Waals surface area contributed by atoms with Crippen LogP contribution in [0, 0.1) is 0 Å². The van der Waals surface area contributed by atoms with Crippen LogP contribution in [0.1, 0.15) is 26.2 Å². The van der Waals surface area contributed by atoms with E-state index in [4.69, 9.17) is 4.74 Å². The van der Waals surface area contributed by atoms with E-state index in [1.54, 1.807) is 13.0 Å². The molecule has 1 aliphatic carbocycles. The van der Waals surface area contributed by atoms with E-state index in [1.165, 1.54) is 6.08 Å². The molecule has 1 aliphatic rings. The Morgan fingerprint density at radius 2 is 2.43 bits per heavy atom. The number of hydrogen-bond acceptors (Lipinski definition) is 3. The van der Waals surface area contributed by atoms with Crippen molar-refractivity contribution in [3.05, 3.63) is 23.8 Å². The first kappa shape index (κ1) is 10.7. The van der Waals surface area contributed by atoms with Crippen molar-refractivity contribution in [2.24, 2.45) is 0 Å². The number of ketones is 1. The zero-order valence-electron chi connectivity index (χ0n) is 8.29. The van der Waals surface area contributed by atoms with Crippen molar-refractivity contribution >= 4 is 11.8 Å². The molecule has 0 saturated heterocycles. The average molecular weight is 194 g/mol. The number of rotatable bonds is 3. The Kier molecular flexibility index (Phi) is 4.11. The van der Waals surface area contributed by atoms with Crippen LogP contribution in [-0.4, -0.2) is 18.4 Å². The molecule has 0 unspecified atom stereocenters. The molecular weight excluding hydrogens is 180 g/mol. The van der Waals surface area contributed by atoms with Gasteiger partial charge >= 0.3 is 5.97 Å². The Hall–Kier alpha value is -1.38. The van der Waals surface area contributed by atoms with Gasteiger partial charge in [-0.15, -0.1) is 0 Å². The maximum Gasteiger partial charge on any atom is 0.330 e. The number of esters is 1. The van der Waals surface area contributed by atoms with Gasteiger partial charge in [0.1, 0.15) is 0 Å². The Labute approximate surface area is 83.4 Å². The topological polar surface area (TPSA) is 43.4 Å². The van der Waals surface area contributed by atoms with E-state index in [-0.39, 0.29) is 5.78 Å². The summed E-state index contributed by atoms with van der Waals surface area (Å²) in [5.74, 6) is -0.288. The molecular formula is C11H14O3. The van der Waals surface area contributed by atoms with E-state index < -0.39 is 5.97 Å². The second-order valence-electron chi connectivity index (χ2n) is 3.06.